The van der Waals surface area contributed by atoms with E-state index in [4.69, 9.17) is 5.73 Å². The minimum atomic E-state index is 0.288. The number of piperazine rings is 1. The molecule has 2 N–H and O–H groups in total. The van der Waals surface area contributed by atoms with Crippen LogP contribution in [0.1, 0.15) is 53.9 Å². The molecule has 1 heterocycles. The van der Waals surface area contributed by atoms with Crippen molar-refractivity contribution in [1.29, 1.82) is 0 Å². The Morgan fingerprint density at radius 1 is 1.05 bits per heavy atom. The monoisotopic (exact) mass is 281 g/mol. The normalized spacial score (nSPS) is 38.1. The smallest absolute Gasteiger partial charge is 0.0335 e. The third kappa shape index (κ3) is 3.20. The summed E-state index contributed by atoms with van der Waals surface area (Å²) in [6.07, 6.45) is 3.93. The summed E-state index contributed by atoms with van der Waals surface area (Å²) in [4.78, 5) is 5.33. The van der Waals surface area contributed by atoms with Crippen LogP contribution in [-0.2, 0) is 0 Å². The van der Waals surface area contributed by atoms with Crippen LogP contribution in [0.2, 0.25) is 0 Å². The molecule has 20 heavy (non-hydrogen) atoms. The number of rotatable bonds is 2. The van der Waals surface area contributed by atoms with Gasteiger partial charge >= 0.3 is 0 Å². The number of nitrogens with two attached hydrogens (primary N) is 1. The second-order valence-corrected chi connectivity index (χ2v) is 8.27. The first-order valence-electron chi connectivity index (χ1n) is 8.49. The zero-order valence-corrected chi connectivity index (χ0v) is 14.3. The summed E-state index contributed by atoms with van der Waals surface area (Å²) >= 11 is 0. The molecule has 0 aromatic rings. The fourth-order valence-electron chi connectivity index (χ4n) is 4.14. The molecule has 3 unspecified atom stereocenters. The van der Waals surface area contributed by atoms with Crippen molar-refractivity contribution in [3.63, 3.8) is 0 Å². The zero-order chi connectivity index (χ0) is 15.0. The predicted molar refractivity (Wildman–Crippen MR) is 86.9 cm³/mol. The summed E-state index contributed by atoms with van der Waals surface area (Å²) in [5.41, 5.74) is 6.83. The van der Waals surface area contributed by atoms with E-state index in [-0.39, 0.29) is 5.54 Å². The maximum Gasteiger partial charge on any atom is 0.0335 e. The van der Waals surface area contributed by atoms with Gasteiger partial charge in [0.25, 0.3) is 0 Å². The van der Waals surface area contributed by atoms with Crippen molar-refractivity contribution in [3.05, 3.63) is 0 Å². The van der Waals surface area contributed by atoms with Crippen LogP contribution in [-0.4, -0.2) is 53.6 Å². The Kier molecular flexibility index (Phi) is 4.83. The first-order valence-corrected chi connectivity index (χ1v) is 8.49. The van der Waals surface area contributed by atoms with Crippen molar-refractivity contribution in [3.8, 4) is 0 Å². The molecule has 2 fully saturated rings. The standard InChI is InChI=1S/C17H35N3/c1-14-6-7-17(13-18,12-15(14)2)20-10-8-19(9-11-20)16(3,4)5/h14-15H,6-13,18H2,1-5H3. The van der Waals surface area contributed by atoms with Gasteiger partial charge < -0.3 is 5.73 Å². The molecule has 0 aromatic carbocycles. The topological polar surface area (TPSA) is 32.5 Å². The molecule has 0 amide bonds. The van der Waals surface area contributed by atoms with Crippen LogP contribution in [0.3, 0.4) is 0 Å². The molecule has 118 valence electrons. The lowest BCUT2D eigenvalue weighted by Gasteiger charge is -2.53. The van der Waals surface area contributed by atoms with Crippen LogP contribution in [0.4, 0.5) is 0 Å². The van der Waals surface area contributed by atoms with E-state index >= 15 is 0 Å². The van der Waals surface area contributed by atoms with Crippen molar-refractivity contribution in [2.75, 3.05) is 32.7 Å². The minimum Gasteiger partial charge on any atom is -0.329 e. The van der Waals surface area contributed by atoms with Crippen LogP contribution in [0, 0.1) is 11.8 Å². The summed E-state index contributed by atoms with van der Waals surface area (Å²) < 4.78 is 0. The van der Waals surface area contributed by atoms with E-state index in [1.165, 1.54) is 45.4 Å². The minimum absolute atomic E-state index is 0.288. The quantitative estimate of drug-likeness (QED) is 0.844. The fourth-order valence-corrected chi connectivity index (χ4v) is 4.14. The molecule has 2 aliphatic rings. The Morgan fingerprint density at radius 3 is 2.10 bits per heavy atom. The van der Waals surface area contributed by atoms with Gasteiger partial charge in [-0.05, 0) is 51.9 Å². The SMILES string of the molecule is CC1CCC(CN)(N2CCN(C(C)(C)C)CC2)CC1C. The molecule has 2 rings (SSSR count). The lowest BCUT2D eigenvalue weighted by Crippen LogP contribution is -2.63. The van der Waals surface area contributed by atoms with E-state index in [9.17, 15) is 0 Å². The van der Waals surface area contributed by atoms with Crippen LogP contribution in [0.5, 0.6) is 0 Å². The Morgan fingerprint density at radius 2 is 1.65 bits per heavy atom. The van der Waals surface area contributed by atoms with Crippen molar-refractivity contribution < 1.29 is 0 Å². The van der Waals surface area contributed by atoms with E-state index in [2.05, 4.69) is 44.4 Å². The van der Waals surface area contributed by atoms with E-state index in [0.29, 0.717) is 5.54 Å². The third-order valence-electron chi connectivity index (χ3n) is 6.02. The van der Waals surface area contributed by atoms with Crippen LogP contribution in [0.25, 0.3) is 0 Å². The van der Waals surface area contributed by atoms with Crippen molar-refractivity contribution in [2.24, 2.45) is 17.6 Å². The lowest BCUT2D eigenvalue weighted by molar-refractivity contribution is -0.0291. The average molecular weight is 281 g/mol. The fraction of sp³-hybridized carbons (Fsp3) is 1.00. The van der Waals surface area contributed by atoms with Gasteiger partial charge in [-0.25, -0.2) is 0 Å². The molecular formula is C17H35N3. The highest BCUT2D eigenvalue weighted by Crippen LogP contribution is 2.40. The first kappa shape index (κ1) is 16.3. The summed E-state index contributed by atoms with van der Waals surface area (Å²) in [5.74, 6) is 1.68. The Bertz CT molecular complexity index is 315. The van der Waals surface area contributed by atoms with E-state index in [1.54, 1.807) is 0 Å². The van der Waals surface area contributed by atoms with Crippen LogP contribution >= 0.6 is 0 Å². The van der Waals surface area contributed by atoms with E-state index < -0.39 is 0 Å². The van der Waals surface area contributed by atoms with Gasteiger partial charge in [-0.15, -0.1) is 0 Å². The number of hydrogen-bond acceptors (Lipinski definition) is 3. The van der Waals surface area contributed by atoms with Crippen molar-refractivity contribution in [2.45, 2.75) is 65.0 Å². The second-order valence-electron chi connectivity index (χ2n) is 8.27. The van der Waals surface area contributed by atoms with Gasteiger partial charge in [0.1, 0.15) is 0 Å². The van der Waals surface area contributed by atoms with Gasteiger partial charge in [0.2, 0.25) is 0 Å². The highest BCUT2D eigenvalue weighted by molar-refractivity contribution is 4.99. The highest BCUT2D eigenvalue weighted by Gasteiger charge is 2.42. The molecule has 1 aliphatic heterocycles. The molecule has 0 bridgehead atoms. The van der Waals surface area contributed by atoms with E-state index in [0.717, 1.165) is 18.4 Å². The molecule has 3 heteroatoms. The molecule has 0 aromatic heterocycles. The molecule has 3 nitrogen and oxygen atoms in total. The molecule has 0 spiro atoms. The van der Waals surface area contributed by atoms with Crippen molar-refractivity contribution in [1.82, 2.24) is 9.80 Å². The largest absolute Gasteiger partial charge is 0.329 e. The lowest BCUT2D eigenvalue weighted by atomic mass is 9.70. The molecular weight excluding hydrogens is 246 g/mol. The molecule has 1 aliphatic carbocycles. The molecule has 3 atom stereocenters. The third-order valence-corrected chi connectivity index (χ3v) is 6.02. The zero-order valence-electron chi connectivity index (χ0n) is 14.3. The summed E-state index contributed by atoms with van der Waals surface area (Å²) in [7, 11) is 0. The average Bonchev–Trinajstić information content (AvgIpc) is 2.41. The Balaban J connectivity index is 2.00. The highest BCUT2D eigenvalue weighted by atomic mass is 15.3. The Labute approximate surface area is 125 Å². The van der Waals surface area contributed by atoms with Gasteiger partial charge in [-0.1, -0.05) is 13.8 Å². The molecule has 0 radical (unpaired) electrons. The van der Waals surface area contributed by atoms with Crippen molar-refractivity contribution >= 4 is 0 Å². The van der Waals surface area contributed by atoms with Gasteiger partial charge in [-0.3, -0.25) is 9.80 Å². The van der Waals surface area contributed by atoms with Gasteiger partial charge in [-0.2, -0.15) is 0 Å². The van der Waals surface area contributed by atoms with E-state index in [1.807, 2.05) is 0 Å². The maximum atomic E-state index is 6.24. The number of nitrogens with zero attached hydrogens (tertiary/aromatic N) is 2. The first-order chi connectivity index (χ1) is 9.28. The summed E-state index contributed by atoms with van der Waals surface area (Å²) in [6.45, 7) is 17.4. The van der Waals surface area contributed by atoms with Gasteiger partial charge in [0.05, 0.1) is 0 Å². The van der Waals surface area contributed by atoms with Crippen LogP contribution < -0.4 is 5.73 Å². The van der Waals surface area contributed by atoms with Crippen LogP contribution in [0.15, 0.2) is 0 Å². The summed E-state index contributed by atoms with van der Waals surface area (Å²) in [6, 6.07) is 0. The Hall–Kier alpha value is -0.120. The van der Waals surface area contributed by atoms with Gasteiger partial charge in [0, 0.05) is 43.8 Å². The number of hydrogen-bond donors (Lipinski definition) is 1. The maximum absolute atomic E-state index is 6.24. The molecule has 1 saturated heterocycles. The summed E-state index contributed by atoms with van der Waals surface area (Å²) in [5, 5.41) is 0. The van der Waals surface area contributed by atoms with Gasteiger partial charge in [0.15, 0.2) is 0 Å². The molecule has 1 saturated carbocycles. The second kappa shape index (κ2) is 5.94. The predicted octanol–water partition coefficient (Wildman–Crippen LogP) is 2.56.